The van der Waals surface area contributed by atoms with Crippen LogP contribution < -0.4 is 0 Å². The largest absolute Gasteiger partial charge is 0.381 e. The Balaban J connectivity index is 2.00. The van der Waals surface area contributed by atoms with E-state index in [1.54, 1.807) is 0 Å². The zero-order chi connectivity index (χ0) is 14.8. The van der Waals surface area contributed by atoms with Gasteiger partial charge in [-0.3, -0.25) is 4.68 Å². The number of hydrogen-bond acceptors (Lipinski definition) is 3. The SMILES string of the molecule is CCc1nn(C)c2c1nc(CCCl)n2CC1CCOCC1. The number of rotatable bonds is 5. The first kappa shape index (κ1) is 14.9. The number of imidazole rings is 1. The Morgan fingerprint density at radius 2 is 2.10 bits per heavy atom. The summed E-state index contributed by atoms with van der Waals surface area (Å²) in [6, 6.07) is 0. The highest BCUT2D eigenvalue weighted by atomic mass is 35.5. The van der Waals surface area contributed by atoms with Gasteiger partial charge in [0.15, 0.2) is 5.65 Å². The molecule has 3 rings (SSSR count). The Morgan fingerprint density at radius 1 is 1.33 bits per heavy atom. The second kappa shape index (κ2) is 6.36. The summed E-state index contributed by atoms with van der Waals surface area (Å²) in [5, 5.41) is 4.60. The number of fused-ring (bicyclic) bond motifs is 1. The van der Waals surface area contributed by atoms with Gasteiger partial charge < -0.3 is 9.30 Å². The lowest BCUT2D eigenvalue weighted by molar-refractivity contribution is 0.0613. The van der Waals surface area contributed by atoms with Crippen molar-refractivity contribution in [3.8, 4) is 0 Å². The van der Waals surface area contributed by atoms with E-state index in [-0.39, 0.29) is 0 Å². The topological polar surface area (TPSA) is 44.9 Å². The summed E-state index contributed by atoms with van der Waals surface area (Å²) in [7, 11) is 2.01. The fraction of sp³-hybridized carbons (Fsp3) is 0.733. The highest BCUT2D eigenvalue weighted by molar-refractivity contribution is 6.17. The number of hydrogen-bond donors (Lipinski definition) is 0. The Hall–Kier alpha value is -1.07. The van der Waals surface area contributed by atoms with Gasteiger partial charge in [-0.15, -0.1) is 11.6 Å². The molecule has 1 fully saturated rings. The van der Waals surface area contributed by atoms with E-state index < -0.39 is 0 Å². The average Bonchev–Trinajstić information content (AvgIpc) is 2.99. The Labute approximate surface area is 130 Å². The van der Waals surface area contributed by atoms with Crippen molar-refractivity contribution in [1.29, 1.82) is 0 Å². The summed E-state index contributed by atoms with van der Waals surface area (Å²) in [6.07, 6.45) is 3.96. The Morgan fingerprint density at radius 3 is 2.76 bits per heavy atom. The summed E-state index contributed by atoms with van der Waals surface area (Å²) in [5.74, 6) is 2.35. The van der Waals surface area contributed by atoms with E-state index in [1.165, 1.54) is 0 Å². The smallest absolute Gasteiger partial charge is 0.158 e. The van der Waals surface area contributed by atoms with Crippen LogP contribution in [-0.2, 0) is 31.2 Å². The molecule has 21 heavy (non-hydrogen) atoms. The molecule has 0 aromatic carbocycles. The summed E-state index contributed by atoms with van der Waals surface area (Å²) in [6.45, 7) is 4.87. The van der Waals surface area contributed by atoms with Gasteiger partial charge in [0.05, 0.1) is 5.69 Å². The second-order valence-electron chi connectivity index (χ2n) is 5.73. The van der Waals surface area contributed by atoms with Gasteiger partial charge in [-0.25, -0.2) is 4.98 Å². The van der Waals surface area contributed by atoms with E-state index >= 15 is 0 Å². The lowest BCUT2D eigenvalue weighted by Gasteiger charge is -2.23. The lowest BCUT2D eigenvalue weighted by atomic mass is 10.0. The molecule has 3 heterocycles. The normalized spacial score (nSPS) is 16.9. The number of halogens is 1. The van der Waals surface area contributed by atoms with Crippen LogP contribution in [0.15, 0.2) is 0 Å². The molecule has 1 saturated heterocycles. The standard InChI is InChI=1S/C15H23ClN4O/c1-3-12-14-15(19(2)18-12)20(13(17-14)4-7-16)10-11-5-8-21-9-6-11/h11H,3-10H2,1-2H3. The molecule has 0 saturated carbocycles. The fourth-order valence-corrected chi connectivity index (χ4v) is 3.35. The van der Waals surface area contributed by atoms with Crippen LogP contribution in [0.4, 0.5) is 0 Å². The third-order valence-electron chi connectivity index (χ3n) is 4.31. The van der Waals surface area contributed by atoms with Gasteiger partial charge >= 0.3 is 0 Å². The quantitative estimate of drug-likeness (QED) is 0.797. The van der Waals surface area contributed by atoms with Crippen molar-refractivity contribution < 1.29 is 4.74 Å². The van der Waals surface area contributed by atoms with Crippen molar-refractivity contribution in [3.63, 3.8) is 0 Å². The van der Waals surface area contributed by atoms with Crippen LogP contribution in [0.2, 0.25) is 0 Å². The fourth-order valence-electron chi connectivity index (χ4n) is 3.18. The first-order valence-corrected chi connectivity index (χ1v) is 8.32. The highest BCUT2D eigenvalue weighted by Crippen LogP contribution is 2.25. The molecule has 0 spiro atoms. The van der Waals surface area contributed by atoms with E-state index in [9.17, 15) is 0 Å². The summed E-state index contributed by atoms with van der Waals surface area (Å²) >= 11 is 5.96. The zero-order valence-corrected chi connectivity index (χ0v) is 13.6. The van der Waals surface area contributed by atoms with Gasteiger partial charge in [-0.1, -0.05) is 6.92 Å². The molecule has 0 bridgehead atoms. The maximum atomic E-state index is 5.96. The van der Waals surface area contributed by atoms with E-state index in [1.807, 2.05) is 11.7 Å². The van der Waals surface area contributed by atoms with Crippen LogP contribution in [0.25, 0.3) is 11.2 Å². The molecule has 0 amide bonds. The van der Waals surface area contributed by atoms with Crippen LogP contribution in [0.1, 0.15) is 31.3 Å². The van der Waals surface area contributed by atoms with Crippen molar-refractivity contribution in [3.05, 3.63) is 11.5 Å². The minimum absolute atomic E-state index is 0.603. The molecule has 0 radical (unpaired) electrons. The van der Waals surface area contributed by atoms with Gasteiger partial charge in [0.1, 0.15) is 11.3 Å². The van der Waals surface area contributed by atoms with Gasteiger partial charge in [0, 0.05) is 39.1 Å². The molecule has 2 aromatic heterocycles. The molecule has 1 aliphatic heterocycles. The summed E-state index contributed by atoms with van der Waals surface area (Å²) in [5.41, 5.74) is 3.26. The molecular weight excluding hydrogens is 288 g/mol. The molecule has 0 unspecified atom stereocenters. The average molecular weight is 311 g/mol. The predicted octanol–water partition coefficient (Wildman–Crippen LogP) is 2.54. The molecule has 5 nitrogen and oxygen atoms in total. The van der Waals surface area contributed by atoms with Crippen molar-refractivity contribution in [1.82, 2.24) is 19.3 Å². The summed E-state index contributed by atoms with van der Waals surface area (Å²) in [4.78, 5) is 4.82. The number of alkyl halides is 1. The van der Waals surface area contributed by atoms with E-state index in [0.717, 1.165) is 68.1 Å². The van der Waals surface area contributed by atoms with Crippen LogP contribution in [0.3, 0.4) is 0 Å². The van der Waals surface area contributed by atoms with E-state index in [4.69, 9.17) is 21.3 Å². The first-order valence-electron chi connectivity index (χ1n) is 7.79. The van der Waals surface area contributed by atoms with Gasteiger partial charge in [-0.05, 0) is 25.2 Å². The number of aromatic nitrogens is 4. The molecule has 0 N–H and O–H groups in total. The Kier molecular flexibility index (Phi) is 4.50. The number of ether oxygens (including phenoxy) is 1. The molecule has 6 heteroatoms. The lowest BCUT2D eigenvalue weighted by Crippen LogP contribution is -2.22. The van der Waals surface area contributed by atoms with Crippen LogP contribution in [0, 0.1) is 5.92 Å². The van der Waals surface area contributed by atoms with Crippen LogP contribution in [-0.4, -0.2) is 38.4 Å². The molecule has 0 aliphatic carbocycles. The number of aryl methyl sites for hydroxylation is 3. The molecule has 116 valence electrons. The molecule has 1 aliphatic rings. The van der Waals surface area contributed by atoms with Crippen molar-refractivity contribution in [2.45, 2.75) is 39.2 Å². The van der Waals surface area contributed by atoms with E-state index in [2.05, 4.69) is 16.6 Å². The Bertz CT molecular complexity index is 613. The summed E-state index contributed by atoms with van der Waals surface area (Å²) < 4.78 is 9.77. The van der Waals surface area contributed by atoms with Gasteiger partial charge in [0.2, 0.25) is 0 Å². The van der Waals surface area contributed by atoms with Crippen molar-refractivity contribution in [2.75, 3.05) is 19.1 Å². The molecule has 0 atom stereocenters. The third-order valence-corrected chi connectivity index (χ3v) is 4.49. The molecule has 2 aromatic rings. The van der Waals surface area contributed by atoms with Crippen molar-refractivity contribution >= 4 is 22.8 Å². The maximum absolute atomic E-state index is 5.96. The van der Waals surface area contributed by atoms with E-state index in [0.29, 0.717) is 11.8 Å². The second-order valence-corrected chi connectivity index (χ2v) is 6.11. The zero-order valence-electron chi connectivity index (χ0n) is 12.8. The van der Waals surface area contributed by atoms with Crippen LogP contribution >= 0.6 is 11.6 Å². The van der Waals surface area contributed by atoms with Crippen LogP contribution in [0.5, 0.6) is 0 Å². The first-order chi connectivity index (χ1) is 10.2. The minimum Gasteiger partial charge on any atom is -0.381 e. The molecular formula is C15H23ClN4O. The minimum atomic E-state index is 0.603. The van der Waals surface area contributed by atoms with Crippen molar-refractivity contribution in [2.24, 2.45) is 13.0 Å². The highest BCUT2D eigenvalue weighted by Gasteiger charge is 2.22. The number of nitrogens with zero attached hydrogens (tertiary/aromatic N) is 4. The predicted molar refractivity (Wildman–Crippen MR) is 83.8 cm³/mol. The van der Waals surface area contributed by atoms with Gasteiger partial charge in [0.25, 0.3) is 0 Å². The monoisotopic (exact) mass is 310 g/mol. The maximum Gasteiger partial charge on any atom is 0.158 e. The van der Waals surface area contributed by atoms with Gasteiger partial charge in [-0.2, -0.15) is 5.10 Å². The third kappa shape index (κ3) is 2.81.